The number of hydrogen-bond acceptors (Lipinski definition) is 4. The first-order valence-electron chi connectivity index (χ1n) is 5.47. The molecule has 0 aromatic heterocycles. The summed E-state index contributed by atoms with van der Waals surface area (Å²) in [5.41, 5.74) is 0. The first kappa shape index (κ1) is 11.1. The van der Waals surface area contributed by atoms with Crippen molar-refractivity contribution in [1.82, 2.24) is 15.5 Å². The maximum atomic E-state index is 12.0. The first-order valence-corrected chi connectivity index (χ1v) is 5.47. The molecule has 2 atom stereocenters. The van der Waals surface area contributed by atoms with Crippen molar-refractivity contribution in [1.29, 1.82) is 0 Å². The molecule has 16 heavy (non-hydrogen) atoms. The van der Waals surface area contributed by atoms with E-state index in [1.165, 1.54) is 4.90 Å². The van der Waals surface area contributed by atoms with E-state index in [2.05, 4.69) is 10.6 Å². The average Bonchev–Trinajstić information content (AvgIpc) is 2.75. The van der Waals surface area contributed by atoms with Crippen molar-refractivity contribution < 1.29 is 14.4 Å². The molecule has 1 unspecified atom stereocenters. The summed E-state index contributed by atoms with van der Waals surface area (Å²) in [4.78, 5) is 36.0. The van der Waals surface area contributed by atoms with Gasteiger partial charge in [0.05, 0.1) is 6.04 Å². The summed E-state index contributed by atoms with van der Waals surface area (Å²) < 4.78 is 0. The summed E-state index contributed by atoms with van der Waals surface area (Å²) in [6, 6.07) is -0.797. The molecule has 88 valence electrons. The minimum Gasteiger partial charge on any atom is -0.320 e. The highest BCUT2D eigenvalue weighted by atomic mass is 16.2. The fraction of sp³-hybridized carbons (Fsp3) is 0.700. The Morgan fingerprint density at radius 3 is 2.81 bits per heavy atom. The summed E-state index contributed by atoms with van der Waals surface area (Å²) in [5, 5.41) is 5.28. The average molecular weight is 225 g/mol. The van der Waals surface area contributed by atoms with Crippen molar-refractivity contribution in [2.75, 3.05) is 13.1 Å². The van der Waals surface area contributed by atoms with Crippen LogP contribution in [0.1, 0.15) is 19.8 Å². The molecule has 2 N–H and O–H groups in total. The van der Waals surface area contributed by atoms with Crippen molar-refractivity contribution >= 4 is 17.7 Å². The second kappa shape index (κ2) is 4.21. The van der Waals surface area contributed by atoms with Crippen LogP contribution in [0.3, 0.4) is 0 Å². The smallest absolute Gasteiger partial charge is 0.249 e. The van der Waals surface area contributed by atoms with E-state index < -0.39 is 17.9 Å². The molecule has 3 amide bonds. The Labute approximate surface area is 93.4 Å². The number of nitrogens with one attached hydrogen (secondary N) is 2. The Morgan fingerprint density at radius 2 is 2.19 bits per heavy atom. The highest BCUT2D eigenvalue weighted by Crippen LogP contribution is 2.12. The van der Waals surface area contributed by atoms with Gasteiger partial charge in [-0.1, -0.05) is 0 Å². The van der Waals surface area contributed by atoms with Gasteiger partial charge in [0.1, 0.15) is 12.6 Å². The monoisotopic (exact) mass is 225 g/mol. The third-order valence-corrected chi connectivity index (χ3v) is 3.07. The predicted molar refractivity (Wildman–Crippen MR) is 55.3 cm³/mol. The summed E-state index contributed by atoms with van der Waals surface area (Å²) in [6.45, 7) is 2.43. The van der Waals surface area contributed by atoms with Crippen molar-refractivity contribution in [3.05, 3.63) is 0 Å². The number of rotatable bonds is 1. The third-order valence-electron chi connectivity index (χ3n) is 3.07. The van der Waals surface area contributed by atoms with E-state index in [1.54, 1.807) is 6.92 Å². The van der Waals surface area contributed by atoms with E-state index in [0.717, 1.165) is 19.4 Å². The second-order valence-corrected chi connectivity index (χ2v) is 4.20. The molecule has 0 spiro atoms. The standard InChI is InChI=1S/C10H15N3O3/c1-6-9(15)12-8(14)5-13(6)10(16)7-3-2-4-11-7/h6-7,11H,2-5H2,1H3,(H,12,14,15)/t6?,7-/m0/s1. The van der Waals surface area contributed by atoms with Gasteiger partial charge in [0.15, 0.2) is 0 Å². The van der Waals surface area contributed by atoms with Crippen LogP contribution in [-0.2, 0) is 14.4 Å². The van der Waals surface area contributed by atoms with Crippen molar-refractivity contribution in [3.8, 4) is 0 Å². The van der Waals surface area contributed by atoms with Gasteiger partial charge in [-0.25, -0.2) is 0 Å². The topological polar surface area (TPSA) is 78.5 Å². The molecule has 6 heteroatoms. The predicted octanol–water partition coefficient (Wildman–Crippen LogP) is -1.39. The largest absolute Gasteiger partial charge is 0.320 e. The zero-order chi connectivity index (χ0) is 11.7. The molecule has 0 aromatic rings. The Kier molecular flexibility index (Phi) is 2.91. The van der Waals surface area contributed by atoms with Crippen LogP contribution in [0.5, 0.6) is 0 Å². The molecule has 2 rings (SSSR count). The van der Waals surface area contributed by atoms with Gasteiger partial charge in [-0.2, -0.15) is 0 Å². The van der Waals surface area contributed by atoms with Gasteiger partial charge < -0.3 is 10.2 Å². The van der Waals surface area contributed by atoms with E-state index in [-0.39, 0.29) is 18.5 Å². The van der Waals surface area contributed by atoms with Gasteiger partial charge in [-0.05, 0) is 26.3 Å². The molecular weight excluding hydrogens is 210 g/mol. The molecule has 0 radical (unpaired) electrons. The number of carbonyl (C=O) groups is 3. The molecule has 2 heterocycles. The molecule has 2 fully saturated rings. The summed E-state index contributed by atoms with van der Waals surface area (Å²) in [5.74, 6) is -0.953. The van der Waals surface area contributed by atoms with E-state index >= 15 is 0 Å². The van der Waals surface area contributed by atoms with Crippen molar-refractivity contribution in [2.24, 2.45) is 0 Å². The quantitative estimate of drug-likeness (QED) is 0.539. The van der Waals surface area contributed by atoms with Crippen LogP contribution in [0.4, 0.5) is 0 Å². The number of hydrogen-bond donors (Lipinski definition) is 2. The SMILES string of the molecule is CC1C(=O)NC(=O)CN1C(=O)[C@@H]1CCCN1. The van der Waals surface area contributed by atoms with E-state index in [4.69, 9.17) is 0 Å². The Hall–Kier alpha value is -1.43. The van der Waals surface area contributed by atoms with Gasteiger partial charge >= 0.3 is 0 Å². The normalized spacial score (nSPS) is 30.4. The van der Waals surface area contributed by atoms with Crippen LogP contribution in [0.2, 0.25) is 0 Å². The Balaban J connectivity index is 2.09. The lowest BCUT2D eigenvalue weighted by atomic mass is 10.1. The third kappa shape index (κ3) is 1.92. The van der Waals surface area contributed by atoms with Crippen molar-refractivity contribution in [2.45, 2.75) is 31.8 Å². The molecular formula is C10H15N3O3. The van der Waals surface area contributed by atoms with E-state index in [1.807, 2.05) is 0 Å². The highest BCUT2D eigenvalue weighted by molar-refractivity contribution is 6.04. The lowest BCUT2D eigenvalue weighted by molar-refractivity contribution is -0.150. The Bertz CT molecular complexity index is 336. The van der Waals surface area contributed by atoms with E-state index in [0.29, 0.717) is 0 Å². The minimum absolute atomic E-state index is 0.0239. The van der Waals surface area contributed by atoms with Crippen LogP contribution in [0.25, 0.3) is 0 Å². The fourth-order valence-electron chi connectivity index (χ4n) is 2.08. The maximum Gasteiger partial charge on any atom is 0.249 e. The van der Waals surface area contributed by atoms with Gasteiger partial charge in [-0.15, -0.1) is 0 Å². The van der Waals surface area contributed by atoms with Gasteiger partial charge in [0.2, 0.25) is 17.7 Å². The van der Waals surface area contributed by atoms with Crippen LogP contribution in [0.15, 0.2) is 0 Å². The highest BCUT2D eigenvalue weighted by Gasteiger charge is 2.37. The van der Waals surface area contributed by atoms with Crippen LogP contribution in [-0.4, -0.2) is 47.8 Å². The first-order chi connectivity index (χ1) is 7.59. The number of imide groups is 1. The second-order valence-electron chi connectivity index (χ2n) is 4.20. The van der Waals surface area contributed by atoms with Gasteiger partial charge in [-0.3, -0.25) is 19.7 Å². The van der Waals surface area contributed by atoms with Gasteiger partial charge in [0.25, 0.3) is 0 Å². The number of nitrogens with zero attached hydrogens (tertiary/aromatic N) is 1. The summed E-state index contributed by atoms with van der Waals surface area (Å²) >= 11 is 0. The number of carbonyl (C=O) groups excluding carboxylic acids is 3. The molecule has 2 aliphatic rings. The van der Waals surface area contributed by atoms with E-state index in [9.17, 15) is 14.4 Å². The number of amides is 3. The molecule has 2 aliphatic heterocycles. The molecule has 0 saturated carbocycles. The fourth-order valence-corrected chi connectivity index (χ4v) is 2.08. The zero-order valence-electron chi connectivity index (χ0n) is 9.16. The zero-order valence-corrected chi connectivity index (χ0v) is 9.16. The van der Waals surface area contributed by atoms with Crippen LogP contribution in [0, 0.1) is 0 Å². The van der Waals surface area contributed by atoms with Crippen LogP contribution < -0.4 is 10.6 Å². The summed E-state index contributed by atoms with van der Waals surface area (Å²) in [6.07, 6.45) is 1.73. The van der Waals surface area contributed by atoms with Crippen molar-refractivity contribution in [3.63, 3.8) is 0 Å². The minimum atomic E-state index is -0.562. The lowest BCUT2D eigenvalue weighted by Crippen LogP contribution is -2.61. The van der Waals surface area contributed by atoms with Gasteiger partial charge in [0, 0.05) is 0 Å². The van der Waals surface area contributed by atoms with Crippen LogP contribution >= 0.6 is 0 Å². The molecule has 0 bridgehead atoms. The lowest BCUT2D eigenvalue weighted by Gasteiger charge is -2.33. The molecule has 0 aliphatic carbocycles. The number of piperazine rings is 1. The molecule has 2 saturated heterocycles. The molecule has 6 nitrogen and oxygen atoms in total. The maximum absolute atomic E-state index is 12.0. The Morgan fingerprint density at radius 1 is 1.44 bits per heavy atom. The summed E-state index contributed by atoms with van der Waals surface area (Å²) in [7, 11) is 0. The molecule has 0 aromatic carbocycles.